The molecule has 0 aliphatic carbocycles. The number of hydrogen-bond acceptors (Lipinski definition) is 4. The fourth-order valence-corrected chi connectivity index (χ4v) is 2.14. The molecule has 1 atom stereocenters. The molecule has 0 spiro atoms. The summed E-state index contributed by atoms with van der Waals surface area (Å²) < 4.78 is 11.2. The van der Waals surface area contributed by atoms with Gasteiger partial charge in [0, 0.05) is 30.4 Å². The van der Waals surface area contributed by atoms with Crippen LogP contribution in [0.3, 0.4) is 0 Å². The molecule has 0 saturated heterocycles. The summed E-state index contributed by atoms with van der Waals surface area (Å²) in [5.41, 5.74) is 8.17. The fourth-order valence-electron chi connectivity index (χ4n) is 2.14. The van der Waals surface area contributed by atoms with E-state index in [1.165, 1.54) is 5.56 Å². The minimum Gasteiger partial charge on any atom is -0.493 e. The Bertz CT molecular complexity index is 557. The lowest BCUT2D eigenvalue weighted by molar-refractivity contribution is 0.313. The molecular formula is C15H16N2O2. The van der Waals surface area contributed by atoms with Crippen LogP contribution in [0.5, 0.6) is 11.5 Å². The van der Waals surface area contributed by atoms with Crippen molar-refractivity contribution in [2.24, 2.45) is 5.73 Å². The first kappa shape index (κ1) is 12.0. The summed E-state index contributed by atoms with van der Waals surface area (Å²) in [5, 5.41) is 0. The van der Waals surface area contributed by atoms with Crippen molar-refractivity contribution in [2.45, 2.75) is 12.5 Å². The van der Waals surface area contributed by atoms with E-state index in [9.17, 15) is 0 Å². The van der Waals surface area contributed by atoms with Crippen molar-refractivity contribution in [3.63, 3.8) is 0 Å². The summed E-state index contributed by atoms with van der Waals surface area (Å²) in [6.07, 6.45) is 4.44. The molecule has 4 heteroatoms. The second-order valence-electron chi connectivity index (χ2n) is 4.57. The highest BCUT2D eigenvalue weighted by molar-refractivity contribution is 5.44. The molecule has 19 heavy (non-hydrogen) atoms. The molecule has 2 aromatic rings. The lowest BCUT2D eigenvalue weighted by Crippen LogP contribution is -2.10. The van der Waals surface area contributed by atoms with Crippen molar-refractivity contribution in [1.29, 1.82) is 0 Å². The molecule has 0 amide bonds. The van der Waals surface area contributed by atoms with Gasteiger partial charge in [-0.1, -0.05) is 0 Å². The first-order valence-electron chi connectivity index (χ1n) is 6.37. The van der Waals surface area contributed by atoms with E-state index in [2.05, 4.69) is 4.98 Å². The Balaban J connectivity index is 1.59. The minimum atomic E-state index is -0.0131. The largest absolute Gasteiger partial charge is 0.493 e. The number of nitrogens with zero attached hydrogens (tertiary/aromatic N) is 1. The molecular weight excluding hydrogens is 240 g/mol. The lowest BCUT2D eigenvalue weighted by Gasteiger charge is -2.08. The van der Waals surface area contributed by atoms with Crippen molar-refractivity contribution in [1.82, 2.24) is 4.98 Å². The van der Waals surface area contributed by atoms with Gasteiger partial charge in [-0.3, -0.25) is 4.98 Å². The Morgan fingerprint density at radius 3 is 2.95 bits per heavy atom. The van der Waals surface area contributed by atoms with E-state index >= 15 is 0 Å². The molecule has 0 fully saturated rings. The number of benzene rings is 1. The second kappa shape index (κ2) is 5.28. The van der Waals surface area contributed by atoms with Crippen molar-refractivity contribution >= 4 is 0 Å². The van der Waals surface area contributed by atoms with Gasteiger partial charge >= 0.3 is 0 Å². The maximum atomic E-state index is 5.90. The van der Waals surface area contributed by atoms with Gasteiger partial charge in [0.1, 0.15) is 18.1 Å². The zero-order valence-electron chi connectivity index (χ0n) is 10.6. The zero-order valence-corrected chi connectivity index (χ0v) is 10.6. The van der Waals surface area contributed by atoms with Gasteiger partial charge in [0.2, 0.25) is 0 Å². The molecule has 0 saturated carbocycles. The molecule has 1 aromatic carbocycles. The molecule has 98 valence electrons. The molecule has 3 rings (SSSR count). The van der Waals surface area contributed by atoms with Gasteiger partial charge in [0.25, 0.3) is 0 Å². The van der Waals surface area contributed by atoms with Gasteiger partial charge < -0.3 is 15.2 Å². The predicted octanol–water partition coefficient (Wildman–Crippen LogP) is 2.10. The molecule has 1 unspecified atom stereocenters. The van der Waals surface area contributed by atoms with Crippen LogP contribution in [-0.4, -0.2) is 18.2 Å². The second-order valence-corrected chi connectivity index (χ2v) is 4.57. The molecule has 0 bridgehead atoms. The summed E-state index contributed by atoms with van der Waals surface area (Å²) in [6, 6.07) is 9.81. The monoisotopic (exact) mass is 256 g/mol. The predicted molar refractivity (Wildman–Crippen MR) is 72.3 cm³/mol. The van der Waals surface area contributed by atoms with Gasteiger partial charge in [-0.05, 0) is 29.8 Å². The van der Waals surface area contributed by atoms with Gasteiger partial charge in [0.05, 0.1) is 12.6 Å². The van der Waals surface area contributed by atoms with E-state index in [-0.39, 0.29) is 6.04 Å². The van der Waals surface area contributed by atoms with Crippen LogP contribution in [0.25, 0.3) is 0 Å². The van der Waals surface area contributed by atoms with Gasteiger partial charge in [-0.25, -0.2) is 0 Å². The summed E-state index contributed by atoms with van der Waals surface area (Å²) in [6.45, 7) is 1.19. The topological polar surface area (TPSA) is 57.4 Å². The smallest absolute Gasteiger partial charge is 0.127 e. The summed E-state index contributed by atoms with van der Waals surface area (Å²) in [4.78, 5) is 3.99. The minimum absolute atomic E-state index is 0.0131. The Morgan fingerprint density at radius 2 is 2.11 bits per heavy atom. The average molecular weight is 256 g/mol. The third-order valence-electron chi connectivity index (χ3n) is 3.21. The van der Waals surface area contributed by atoms with Crippen molar-refractivity contribution in [3.05, 3.63) is 53.9 Å². The third kappa shape index (κ3) is 2.69. The van der Waals surface area contributed by atoms with E-state index < -0.39 is 0 Å². The number of rotatable bonds is 4. The average Bonchev–Trinajstić information content (AvgIpc) is 2.81. The Morgan fingerprint density at radius 1 is 1.26 bits per heavy atom. The summed E-state index contributed by atoms with van der Waals surface area (Å²) >= 11 is 0. The molecule has 1 aliphatic heterocycles. The number of hydrogen-bond donors (Lipinski definition) is 1. The molecule has 2 N–H and O–H groups in total. The highest BCUT2D eigenvalue weighted by atomic mass is 16.5. The first-order chi connectivity index (χ1) is 9.33. The number of aromatic nitrogens is 1. The van der Waals surface area contributed by atoms with Crippen molar-refractivity contribution in [2.75, 3.05) is 13.2 Å². The number of fused-ring (bicyclic) bond motifs is 1. The Labute approximate surface area is 112 Å². The van der Waals surface area contributed by atoms with E-state index in [4.69, 9.17) is 15.2 Å². The Kier molecular flexibility index (Phi) is 3.33. The van der Waals surface area contributed by atoms with Crippen LogP contribution in [0.1, 0.15) is 17.2 Å². The third-order valence-corrected chi connectivity index (χ3v) is 3.21. The SMILES string of the molecule is NC1COc2cc(OCCc3ccncc3)ccc21. The van der Waals surface area contributed by atoms with E-state index in [1.54, 1.807) is 12.4 Å². The van der Waals surface area contributed by atoms with E-state index in [0.29, 0.717) is 13.2 Å². The quantitative estimate of drug-likeness (QED) is 0.910. The fraction of sp³-hybridized carbons (Fsp3) is 0.267. The Hall–Kier alpha value is -2.07. The van der Waals surface area contributed by atoms with Crippen LogP contribution < -0.4 is 15.2 Å². The number of pyridine rings is 1. The van der Waals surface area contributed by atoms with Crippen LogP contribution in [0, 0.1) is 0 Å². The first-order valence-corrected chi connectivity index (χ1v) is 6.37. The van der Waals surface area contributed by atoms with Crippen molar-refractivity contribution < 1.29 is 9.47 Å². The number of ether oxygens (including phenoxy) is 2. The normalized spacial score (nSPS) is 16.8. The van der Waals surface area contributed by atoms with Gasteiger partial charge in [0.15, 0.2) is 0 Å². The van der Waals surface area contributed by atoms with Crippen LogP contribution in [0.2, 0.25) is 0 Å². The molecule has 0 radical (unpaired) electrons. The van der Waals surface area contributed by atoms with E-state index in [0.717, 1.165) is 23.5 Å². The van der Waals surface area contributed by atoms with Crippen LogP contribution in [0.15, 0.2) is 42.7 Å². The van der Waals surface area contributed by atoms with Crippen LogP contribution in [0.4, 0.5) is 0 Å². The van der Waals surface area contributed by atoms with Crippen LogP contribution >= 0.6 is 0 Å². The maximum Gasteiger partial charge on any atom is 0.127 e. The molecule has 1 aromatic heterocycles. The van der Waals surface area contributed by atoms with Crippen LogP contribution in [-0.2, 0) is 6.42 Å². The molecule has 4 nitrogen and oxygen atoms in total. The molecule has 2 heterocycles. The van der Waals surface area contributed by atoms with Gasteiger partial charge in [-0.2, -0.15) is 0 Å². The lowest BCUT2D eigenvalue weighted by atomic mass is 10.1. The zero-order chi connectivity index (χ0) is 13.1. The van der Waals surface area contributed by atoms with Crippen molar-refractivity contribution in [3.8, 4) is 11.5 Å². The highest BCUT2D eigenvalue weighted by Gasteiger charge is 2.20. The number of nitrogens with two attached hydrogens (primary N) is 1. The standard InChI is InChI=1S/C15H16N2O2/c16-14-10-19-15-9-12(1-2-13(14)15)18-8-5-11-3-6-17-7-4-11/h1-4,6-7,9,14H,5,8,10,16H2. The maximum absolute atomic E-state index is 5.90. The highest BCUT2D eigenvalue weighted by Crippen LogP contribution is 2.33. The molecule has 1 aliphatic rings. The van der Waals surface area contributed by atoms with E-state index in [1.807, 2.05) is 30.3 Å². The summed E-state index contributed by atoms with van der Waals surface area (Å²) in [7, 11) is 0. The van der Waals surface area contributed by atoms with Gasteiger partial charge in [-0.15, -0.1) is 0 Å². The summed E-state index contributed by atoms with van der Waals surface area (Å²) in [5.74, 6) is 1.66.